The molecule has 0 unspecified atom stereocenters. The Bertz CT molecular complexity index is 509. The van der Waals surface area contributed by atoms with Crippen LogP contribution in [0.5, 0.6) is 0 Å². The van der Waals surface area contributed by atoms with E-state index in [-0.39, 0.29) is 0 Å². The first kappa shape index (κ1) is 13.2. The molecule has 1 aromatic rings. The topological polar surface area (TPSA) is 63.5 Å². The molecule has 0 heterocycles. The Hall–Kier alpha value is -1.83. The van der Waals surface area contributed by atoms with E-state index in [9.17, 15) is 28.2 Å². The van der Waals surface area contributed by atoms with Gasteiger partial charge in [0.15, 0.2) is 11.5 Å². The van der Waals surface area contributed by atoms with E-state index in [1.807, 2.05) is 0 Å². The molecule has 0 bridgehead atoms. The first-order chi connectivity index (χ1) is 7.77. The van der Waals surface area contributed by atoms with Crippen LogP contribution in [0.15, 0.2) is 6.07 Å². The van der Waals surface area contributed by atoms with Crippen LogP contribution in [0.4, 0.5) is 29.4 Å². The highest BCUT2D eigenvalue weighted by atomic mass is 35.5. The number of nitro benzene ring substituents is 1. The van der Waals surface area contributed by atoms with E-state index in [1.165, 1.54) is 0 Å². The van der Waals surface area contributed by atoms with Gasteiger partial charge in [0.2, 0.25) is 5.82 Å². The van der Waals surface area contributed by atoms with Crippen LogP contribution < -0.4 is 5.12 Å². The number of nitrogens with zero attached hydrogens (tertiary/aromatic N) is 2. The van der Waals surface area contributed by atoms with Crippen molar-refractivity contribution in [1.82, 2.24) is 0 Å². The van der Waals surface area contributed by atoms with Gasteiger partial charge < -0.3 is 0 Å². The molecule has 9 heteroatoms. The zero-order valence-corrected chi connectivity index (χ0v) is 8.96. The summed E-state index contributed by atoms with van der Waals surface area (Å²) in [5, 5.41) is 7.94. The second-order valence-corrected chi connectivity index (χ2v) is 3.30. The first-order valence-electron chi connectivity index (χ1n) is 4.05. The van der Waals surface area contributed by atoms with Crippen molar-refractivity contribution in [1.29, 1.82) is 0 Å². The van der Waals surface area contributed by atoms with Gasteiger partial charge in [-0.15, -0.1) is 5.12 Å². The number of carbonyl (C=O) groups is 1. The van der Waals surface area contributed by atoms with Crippen molar-refractivity contribution in [2.24, 2.45) is 0 Å². The maximum atomic E-state index is 13.2. The predicted octanol–water partition coefficient (Wildman–Crippen LogP) is 3.23. The van der Waals surface area contributed by atoms with Gasteiger partial charge in [-0.2, -0.15) is 4.39 Å². The summed E-state index contributed by atoms with van der Waals surface area (Å²) >= 11 is 4.76. The minimum absolute atomic E-state index is 0.399. The van der Waals surface area contributed by atoms with Crippen LogP contribution in [0.3, 0.4) is 0 Å². The smallest absolute Gasteiger partial charge is 0.258 e. The van der Waals surface area contributed by atoms with Crippen LogP contribution in [0.25, 0.3) is 0 Å². The van der Waals surface area contributed by atoms with Gasteiger partial charge in [-0.25, -0.2) is 4.39 Å². The summed E-state index contributed by atoms with van der Waals surface area (Å²) < 4.78 is 39.4. The molecule has 0 spiro atoms. The zero-order valence-electron chi connectivity index (χ0n) is 8.21. The SMILES string of the molecule is Cc1cc(N(F)C(=O)Cl)c([N+](=O)[O-])c(F)c1F. The Morgan fingerprint density at radius 3 is 2.41 bits per heavy atom. The van der Waals surface area contributed by atoms with Gasteiger partial charge in [0, 0.05) is 0 Å². The molecule has 0 saturated heterocycles. The lowest BCUT2D eigenvalue weighted by molar-refractivity contribution is -0.387. The summed E-state index contributed by atoms with van der Waals surface area (Å²) in [4.78, 5) is 19.6. The monoisotopic (exact) mass is 268 g/mol. The fourth-order valence-corrected chi connectivity index (χ4v) is 1.24. The van der Waals surface area contributed by atoms with Crippen molar-refractivity contribution in [3.05, 3.63) is 33.4 Å². The van der Waals surface area contributed by atoms with E-state index in [0.717, 1.165) is 6.92 Å². The highest BCUT2D eigenvalue weighted by Crippen LogP contribution is 2.35. The van der Waals surface area contributed by atoms with Crippen molar-refractivity contribution >= 4 is 28.3 Å². The fourth-order valence-electron chi connectivity index (χ4n) is 1.14. The third-order valence-electron chi connectivity index (χ3n) is 1.89. The maximum absolute atomic E-state index is 13.2. The van der Waals surface area contributed by atoms with Gasteiger partial charge in [0.05, 0.1) is 4.92 Å². The lowest BCUT2D eigenvalue weighted by atomic mass is 10.1. The summed E-state index contributed by atoms with van der Waals surface area (Å²) in [5.74, 6) is -3.35. The van der Waals surface area contributed by atoms with Crippen LogP contribution in [0.1, 0.15) is 5.56 Å². The quantitative estimate of drug-likeness (QED) is 0.272. The molecule has 0 fully saturated rings. The number of aryl methyl sites for hydroxylation is 1. The minimum Gasteiger partial charge on any atom is -0.258 e. The molecule has 1 rings (SSSR count). The van der Waals surface area contributed by atoms with E-state index in [1.54, 1.807) is 0 Å². The lowest BCUT2D eigenvalue weighted by Crippen LogP contribution is -2.17. The third kappa shape index (κ3) is 2.31. The van der Waals surface area contributed by atoms with Crippen molar-refractivity contribution in [2.75, 3.05) is 5.12 Å². The molecule has 0 radical (unpaired) electrons. The van der Waals surface area contributed by atoms with Gasteiger partial charge in [0.25, 0.3) is 0 Å². The number of rotatable bonds is 2. The van der Waals surface area contributed by atoms with E-state index < -0.39 is 44.0 Å². The summed E-state index contributed by atoms with van der Waals surface area (Å²) in [5.41, 5.74) is -2.96. The Kier molecular flexibility index (Phi) is 3.56. The molecule has 0 aliphatic heterocycles. The van der Waals surface area contributed by atoms with Gasteiger partial charge in [0.1, 0.15) is 0 Å². The Labute approximate surface area is 97.5 Å². The summed E-state index contributed by atoms with van der Waals surface area (Å²) in [7, 11) is 0. The van der Waals surface area contributed by atoms with Crippen LogP contribution in [-0.2, 0) is 0 Å². The highest BCUT2D eigenvalue weighted by Gasteiger charge is 2.31. The van der Waals surface area contributed by atoms with Crippen molar-refractivity contribution < 1.29 is 23.0 Å². The molecule has 0 aliphatic carbocycles. The van der Waals surface area contributed by atoms with Crippen molar-refractivity contribution in [3.63, 3.8) is 0 Å². The third-order valence-corrected chi connectivity index (χ3v) is 2.04. The minimum atomic E-state index is -1.86. The Morgan fingerprint density at radius 2 is 2.00 bits per heavy atom. The predicted molar refractivity (Wildman–Crippen MR) is 52.6 cm³/mol. The number of carbonyl (C=O) groups excluding carboxylic acids is 1. The molecule has 0 aliphatic rings. The summed E-state index contributed by atoms with van der Waals surface area (Å²) in [6, 6.07) is 0.608. The maximum Gasteiger partial charge on any atom is 0.349 e. The zero-order chi connectivity index (χ0) is 13.3. The van der Waals surface area contributed by atoms with Crippen molar-refractivity contribution in [3.8, 4) is 0 Å². The molecule has 92 valence electrons. The van der Waals surface area contributed by atoms with E-state index >= 15 is 0 Å². The molecule has 1 amide bonds. The van der Waals surface area contributed by atoms with Crippen LogP contribution in [0, 0.1) is 28.7 Å². The van der Waals surface area contributed by atoms with Gasteiger partial charge in [-0.3, -0.25) is 14.9 Å². The normalized spacial score (nSPS) is 10.2. The second-order valence-electron chi connectivity index (χ2n) is 2.98. The van der Waals surface area contributed by atoms with Gasteiger partial charge >= 0.3 is 11.1 Å². The largest absolute Gasteiger partial charge is 0.349 e. The number of hydrogen-bond acceptors (Lipinski definition) is 3. The molecule has 0 saturated carbocycles. The highest BCUT2D eigenvalue weighted by molar-refractivity contribution is 6.65. The van der Waals surface area contributed by atoms with E-state index in [4.69, 9.17) is 11.6 Å². The van der Waals surface area contributed by atoms with E-state index in [2.05, 4.69) is 0 Å². The number of halogens is 4. The molecular formula is C8H4ClF3N2O3. The van der Waals surface area contributed by atoms with Crippen LogP contribution >= 0.6 is 11.6 Å². The second kappa shape index (κ2) is 4.58. The summed E-state index contributed by atoms with van der Waals surface area (Å²) in [6.45, 7) is 1.05. The Morgan fingerprint density at radius 1 is 1.47 bits per heavy atom. The Balaban J connectivity index is 3.59. The average Bonchev–Trinajstić information content (AvgIpc) is 2.23. The van der Waals surface area contributed by atoms with Crippen LogP contribution in [0.2, 0.25) is 0 Å². The number of hydrogen-bond donors (Lipinski definition) is 0. The standard InChI is InChI=1S/C8H4ClF3N2O3/c1-3-2-4(13(12)8(9)15)7(14(16)17)6(11)5(3)10/h2H,1H3. The molecule has 0 aromatic heterocycles. The van der Waals surface area contributed by atoms with Crippen molar-refractivity contribution in [2.45, 2.75) is 6.92 Å². The number of benzene rings is 1. The van der Waals surface area contributed by atoms with E-state index in [0.29, 0.717) is 6.07 Å². The molecule has 17 heavy (non-hydrogen) atoms. The first-order valence-corrected chi connectivity index (χ1v) is 4.43. The average molecular weight is 269 g/mol. The molecule has 0 atom stereocenters. The summed E-state index contributed by atoms with van der Waals surface area (Å²) in [6.07, 6.45) is 0. The number of amides is 1. The molecular weight excluding hydrogens is 265 g/mol. The lowest BCUT2D eigenvalue weighted by Gasteiger charge is -2.10. The number of anilines is 1. The molecule has 5 nitrogen and oxygen atoms in total. The fraction of sp³-hybridized carbons (Fsp3) is 0.125. The van der Waals surface area contributed by atoms with Gasteiger partial charge in [-0.05, 0) is 30.2 Å². The number of nitro groups is 1. The van der Waals surface area contributed by atoms with Crippen LogP contribution in [-0.4, -0.2) is 10.3 Å². The molecule has 0 N–H and O–H groups in total. The molecule has 1 aromatic carbocycles. The van der Waals surface area contributed by atoms with Gasteiger partial charge in [-0.1, -0.05) is 4.48 Å².